The van der Waals surface area contributed by atoms with Crippen molar-refractivity contribution in [1.29, 1.82) is 0 Å². The number of para-hydroxylation sites is 1. The van der Waals surface area contributed by atoms with E-state index in [-0.39, 0.29) is 5.91 Å². The first-order valence-electron chi connectivity index (χ1n) is 8.12. The summed E-state index contributed by atoms with van der Waals surface area (Å²) in [6.45, 7) is 1.21. The first-order valence-corrected chi connectivity index (χ1v) is 8.91. The molecule has 25 heavy (non-hydrogen) atoms. The van der Waals surface area contributed by atoms with Gasteiger partial charge in [0.2, 0.25) is 0 Å². The van der Waals surface area contributed by atoms with Crippen LogP contribution in [0.4, 0.5) is 0 Å². The van der Waals surface area contributed by atoms with E-state index in [1.165, 1.54) is 0 Å². The van der Waals surface area contributed by atoms with E-state index >= 15 is 0 Å². The number of rotatable bonds is 6. The van der Waals surface area contributed by atoms with Gasteiger partial charge in [0.1, 0.15) is 0 Å². The Morgan fingerprint density at radius 2 is 1.92 bits per heavy atom. The maximum absolute atomic E-state index is 12.7. The van der Waals surface area contributed by atoms with Crippen molar-refractivity contribution in [3.63, 3.8) is 0 Å². The Hall–Kier alpha value is -2.24. The Morgan fingerprint density at radius 1 is 1.16 bits per heavy atom. The molecule has 5 heteroatoms. The van der Waals surface area contributed by atoms with Crippen LogP contribution in [0.3, 0.4) is 0 Å². The number of amides is 1. The number of nitrogens with one attached hydrogen (secondary N) is 1. The van der Waals surface area contributed by atoms with Gasteiger partial charge < -0.3 is 10.1 Å². The maximum atomic E-state index is 12.7. The largest absolute Gasteiger partial charge is 0.385 e. The molecule has 1 heterocycles. The summed E-state index contributed by atoms with van der Waals surface area (Å²) in [5, 5.41) is 3.81. The van der Waals surface area contributed by atoms with E-state index in [1.807, 2.05) is 54.6 Å². The molecule has 0 unspecified atom stereocenters. The molecule has 0 atom stereocenters. The SMILES string of the molecule is COCCCNC(=O)c1cc(-c2ccc(Br)cc2)nc2ccccc12. The second kappa shape index (κ2) is 8.23. The van der Waals surface area contributed by atoms with Gasteiger partial charge in [-0.15, -0.1) is 0 Å². The molecule has 0 aliphatic rings. The summed E-state index contributed by atoms with van der Waals surface area (Å²) in [4.78, 5) is 17.4. The van der Waals surface area contributed by atoms with E-state index in [2.05, 4.69) is 21.2 Å². The van der Waals surface area contributed by atoms with E-state index < -0.39 is 0 Å². The molecule has 0 radical (unpaired) electrons. The number of aromatic nitrogens is 1. The Kier molecular flexibility index (Phi) is 5.79. The van der Waals surface area contributed by atoms with Gasteiger partial charge in [-0.25, -0.2) is 4.98 Å². The number of methoxy groups -OCH3 is 1. The lowest BCUT2D eigenvalue weighted by Crippen LogP contribution is -2.25. The summed E-state index contributed by atoms with van der Waals surface area (Å²) >= 11 is 3.44. The van der Waals surface area contributed by atoms with Crippen molar-refractivity contribution in [3.05, 3.63) is 64.6 Å². The van der Waals surface area contributed by atoms with Gasteiger partial charge in [-0.2, -0.15) is 0 Å². The highest BCUT2D eigenvalue weighted by atomic mass is 79.9. The fourth-order valence-electron chi connectivity index (χ4n) is 2.65. The Labute approximate surface area is 155 Å². The summed E-state index contributed by atoms with van der Waals surface area (Å²) in [5.74, 6) is -0.0898. The molecule has 0 aliphatic carbocycles. The molecular weight excluding hydrogens is 380 g/mol. The number of benzene rings is 2. The molecule has 128 valence electrons. The first-order chi connectivity index (χ1) is 12.2. The monoisotopic (exact) mass is 398 g/mol. The van der Waals surface area contributed by atoms with Gasteiger partial charge in [-0.05, 0) is 30.7 Å². The molecule has 4 nitrogen and oxygen atoms in total. The van der Waals surface area contributed by atoms with Crippen molar-refractivity contribution in [2.45, 2.75) is 6.42 Å². The highest BCUT2D eigenvalue weighted by molar-refractivity contribution is 9.10. The summed E-state index contributed by atoms with van der Waals surface area (Å²) in [5.41, 5.74) is 3.21. The predicted octanol–water partition coefficient (Wildman–Crippen LogP) is 4.43. The van der Waals surface area contributed by atoms with Crippen molar-refractivity contribution in [1.82, 2.24) is 10.3 Å². The molecule has 1 N–H and O–H groups in total. The summed E-state index contributed by atoms with van der Waals surface area (Å²) in [6.07, 6.45) is 0.783. The Morgan fingerprint density at radius 3 is 2.68 bits per heavy atom. The van der Waals surface area contributed by atoms with Crippen molar-refractivity contribution < 1.29 is 9.53 Å². The average Bonchev–Trinajstić information content (AvgIpc) is 2.65. The molecule has 0 saturated heterocycles. The fraction of sp³-hybridized carbons (Fsp3) is 0.200. The number of ether oxygens (including phenoxy) is 1. The van der Waals surface area contributed by atoms with Gasteiger partial charge in [0.25, 0.3) is 5.91 Å². The number of pyridine rings is 1. The predicted molar refractivity (Wildman–Crippen MR) is 104 cm³/mol. The number of halogens is 1. The highest BCUT2D eigenvalue weighted by Gasteiger charge is 2.13. The molecule has 0 aliphatic heterocycles. The smallest absolute Gasteiger partial charge is 0.252 e. The zero-order valence-corrected chi connectivity index (χ0v) is 15.5. The molecule has 0 saturated carbocycles. The number of carbonyl (C=O) groups excluding carboxylic acids is 1. The van der Waals surface area contributed by atoms with Crippen LogP contribution in [-0.4, -0.2) is 31.2 Å². The van der Waals surface area contributed by atoms with Crippen molar-refractivity contribution in [2.75, 3.05) is 20.3 Å². The van der Waals surface area contributed by atoms with Crippen LogP contribution < -0.4 is 5.32 Å². The Balaban J connectivity index is 1.98. The third kappa shape index (κ3) is 4.24. The highest BCUT2D eigenvalue weighted by Crippen LogP contribution is 2.26. The lowest BCUT2D eigenvalue weighted by Gasteiger charge is -2.11. The third-order valence-corrected chi connectivity index (χ3v) is 4.44. The van der Waals surface area contributed by atoms with Gasteiger partial charge >= 0.3 is 0 Å². The first kappa shape index (κ1) is 17.6. The lowest BCUT2D eigenvalue weighted by atomic mass is 10.0. The van der Waals surface area contributed by atoms with Gasteiger partial charge in [0, 0.05) is 35.7 Å². The number of hydrogen-bond acceptors (Lipinski definition) is 3. The third-order valence-electron chi connectivity index (χ3n) is 3.91. The summed E-state index contributed by atoms with van der Waals surface area (Å²) in [7, 11) is 1.66. The minimum absolute atomic E-state index is 0.0898. The van der Waals surface area contributed by atoms with E-state index in [1.54, 1.807) is 7.11 Å². The molecule has 0 spiro atoms. The molecule has 3 aromatic rings. The van der Waals surface area contributed by atoms with E-state index in [0.717, 1.165) is 33.1 Å². The van der Waals surface area contributed by atoms with Crippen LogP contribution in [0.15, 0.2) is 59.1 Å². The van der Waals surface area contributed by atoms with Crippen LogP contribution in [0.1, 0.15) is 16.8 Å². The van der Waals surface area contributed by atoms with Crippen molar-refractivity contribution >= 4 is 32.7 Å². The fourth-order valence-corrected chi connectivity index (χ4v) is 2.91. The van der Waals surface area contributed by atoms with Crippen molar-refractivity contribution in [2.24, 2.45) is 0 Å². The molecule has 2 aromatic carbocycles. The second-order valence-corrected chi connectivity index (χ2v) is 6.60. The summed E-state index contributed by atoms with van der Waals surface area (Å²) in [6, 6.07) is 17.5. The molecule has 1 aromatic heterocycles. The van der Waals surface area contributed by atoms with E-state index in [9.17, 15) is 4.79 Å². The van der Waals surface area contributed by atoms with Crippen molar-refractivity contribution in [3.8, 4) is 11.3 Å². The van der Waals surface area contributed by atoms with E-state index in [0.29, 0.717) is 18.7 Å². The minimum atomic E-state index is -0.0898. The second-order valence-electron chi connectivity index (χ2n) is 5.68. The Bertz CT molecular complexity index is 879. The van der Waals surface area contributed by atoms with Gasteiger partial charge in [0.15, 0.2) is 0 Å². The van der Waals surface area contributed by atoms with Crippen LogP contribution in [0.5, 0.6) is 0 Å². The number of carbonyl (C=O) groups is 1. The van der Waals surface area contributed by atoms with Crippen LogP contribution in [0.25, 0.3) is 22.2 Å². The maximum Gasteiger partial charge on any atom is 0.252 e. The van der Waals surface area contributed by atoms with Gasteiger partial charge in [0.05, 0.1) is 16.8 Å². The standard InChI is InChI=1S/C20H19BrN2O2/c1-25-12-4-11-22-20(24)17-13-19(14-7-9-15(21)10-8-14)23-18-6-3-2-5-16(17)18/h2-3,5-10,13H,4,11-12H2,1H3,(H,22,24). The number of hydrogen-bond donors (Lipinski definition) is 1. The molecule has 3 rings (SSSR count). The number of nitrogens with zero attached hydrogens (tertiary/aromatic N) is 1. The van der Waals surface area contributed by atoms with Gasteiger partial charge in [-0.1, -0.05) is 46.3 Å². The zero-order chi connectivity index (χ0) is 17.6. The average molecular weight is 399 g/mol. The topological polar surface area (TPSA) is 51.2 Å². The molecule has 0 fully saturated rings. The minimum Gasteiger partial charge on any atom is -0.385 e. The molecule has 1 amide bonds. The zero-order valence-electron chi connectivity index (χ0n) is 14.0. The summed E-state index contributed by atoms with van der Waals surface area (Å²) < 4.78 is 6.03. The molecule has 0 bridgehead atoms. The van der Waals surface area contributed by atoms with Gasteiger partial charge in [-0.3, -0.25) is 4.79 Å². The normalized spacial score (nSPS) is 10.8. The van der Waals surface area contributed by atoms with Crippen LogP contribution in [0.2, 0.25) is 0 Å². The van der Waals surface area contributed by atoms with E-state index in [4.69, 9.17) is 9.72 Å². The van der Waals surface area contributed by atoms with Crippen LogP contribution in [0, 0.1) is 0 Å². The van der Waals surface area contributed by atoms with Crippen LogP contribution in [-0.2, 0) is 4.74 Å². The number of fused-ring (bicyclic) bond motifs is 1. The van der Waals surface area contributed by atoms with Crippen LogP contribution >= 0.6 is 15.9 Å². The quantitative estimate of drug-likeness (QED) is 0.624. The lowest BCUT2D eigenvalue weighted by molar-refractivity contribution is 0.0950. The molecular formula is C20H19BrN2O2.